The fraction of sp³-hybridized carbons (Fsp3) is 0.222. The van der Waals surface area contributed by atoms with Gasteiger partial charge in [0.15, 0.2) is 5.82 Å². The maximum absolute atomic E-state index is 13.4. The molecule has 10 heteroatoms. The number of benzene rings is 2. The molecule has 2 heterocycles. The number of carbonyl (C=O) groups is 1. The zero-order valence-electron chi connectivity index (χ0n) is 20.8. The Bertz CT molecular complexity index is 1590. The summed E-state index contributed by atoms with van der Waals surface area (Å²) >= 11 is 0. The van der Waals surface area contributed by atoms with Crippen LogP contribution in [0, 0.1) is 6.92 Å². The highest BCUT2D eigenvalue weighted by molar-refractivity contribution is 7.92. The number of sulfonamides is 1. The number of aromatic amines is 1. The molecule has 37 heavy (non-hydrogen) atoms. The van der Waals surface area contributed by atoms with Gasteiger partial charge in [-0.3, -0.25) is 14.2 Å². The van der Waals surface area contributed by atoms with Gasteiger partial charge in [-0.2, -0.15) is 0 Å². The Labute approximate surface area is 215 Å². The first kappa shape index (κ1) is 25.9. The molecule has 0 unspecified atom stereocenters. The van der Waals surface area contributed by atoms with Crippen LogP contribution in [0.1, 0.15) is 46.6 Å². The van der Waals surface area contributed by atoms with Crippen LogP contribution < -0.4 is 9.86 Å². The van der Waals surface area contributed by atoms with E-state index in [4.69, 9.17) is 0 Å². The molecule has 0 aliphatic rings. The van der Waals surface area contributed by atoms with Crippen LogP contribution in [0.15, 0.2) is 76.6 Å². The van der Waals surface area contributed by atoms with Gasteiger partial charge in [0.1, 0.15) is 4.90 Å². The molecule has 0 fully saturated rings. The van der Waals surface area contributed by atoms with Crippen LogP contribution in [-0.2, 0) is 22.9 Å². The molecule has 2 aromatic heterocycles. The molecule has 4 aromatic rings. The monoisotopic (exact) mass is 520 g/mol. The van der Waals surface area contributed by atoms with Crippen LogP contribution in [0.2, 0.25) is 0 Å². The van der Waals surface area contributed by atoms with E-state index in [9.17, 15) is 23.1 Å². The van der Waals surface area contributed by atoms with Crippen LogP contribution in [-0.4, -0.2) is 40.8 Å². The van der Waals surface area contributed by atoms with Crippen LogP contribution in [0.4, 0.5) is 5.69 Å². The average Bonchev–Trinajstić information content (AvgIpc) is 3.21. The molecule has 0 aliphatic heterocycles. The Morgan fingerprint density at radius 2 is 1.78 bits per heavy atom. The first-order valence-corrected chi connectivity index (χ1v) is 13.3. The zero-order valence-corrected chi connectivity index (χ0v) is 21.6. The molecule has 4 rings (SSSR count). The minimum atomic E-state index is -3.85. The molecule has 0 radical (unpaired) electrons. The summed E-state index contributed by atoms with van der Waals surface area (Å²) in [5.74, 6) is -0.765. The van der Waals surface area contributed by atoms with E-state index in [1.165, 1.54) is 33.4 Å². The maximum atomic E-state index is 13.4. The molecule has 2 aromatic carbocycles. The van der Waals surface area contributed by atoms with Crippen molar-refractivity contribution in [2.24, 2.45) is 0 Å². The number of hydrogen-bond acceptors (Lipinski definition) is 5. The van der Waals surface area contributed by atoms with E-state index in [0.29, 0.717) is 28.9 Å². The Morgan fingerprint density at radius 3 is 2.38 bits per heavy atom. The van der Waals surface area contributed by atoms with Gasteiger partial charge in [-0.05, 0) is 61.7 Å². The first-order chi connectivity index (χ1) is 17.7. The summed E-state index contributed by atoms with van der Waals surface area (Å²) in [5, 5.41) is 12.5. The Morgan fingerprint density at radius 1 is 1.05 bits per heavy atom. The molecule has 192 valence electrons. The number of para-hydroxylation sites is 1. The summed E-state index contributed by atoms with van der Waals surface area (Å²) in [6.07, 6.45) is 2.05. The van der Waals surface area contributed by atoms with Gasteiger partial charge >= 0.3 is 5.97 Å². The minimum Gasteiger partial charge on any atom is -0.478 e. The number of carboxylic acids is 1. The molecule has 0 spiro atoms. The van der Waals surface area contributed by atoms with Crippen LogP contribution >= 0.6 is 0 Å². The molecule has 0 bridgehead atoms. The number of aromatic carboxylic acids is 1. The van der Waals surface area contributed by atoms with Crippen molar-refractivity contribution in [1.82, 2.24) is 14.8 Å². The van der Waals surface area contributed by atoms with Crippen molar-refractivity contribution < 1.29 is 18.3 Å². The average molecular weight is 521 g/mol. The summed E-state index contributed by atoms with van der Waals surface area (Å²) in [7, 11) is -3.85. The van der Waals surface area contributed by atoms with Gasteiger partial charge < -0.3 is 5.11 Å². The Kier molecular flexibility index (Phi) is 7.30. The quantitative estimate of drug-likeness (QED) is 0.344. The van der Waals surface area contributed by atoms with E-state index >= 15 is 0 Å². The van der Waals surface area contributed by atoms with E-state index in [-0.39, 0.29) is 34.8 Å². The van der Waals surface area contributed by atoms with Gasteiger partial charge in [-0.1, -0.05) is 37.3 Å². The lowest BCUT2D eigenvalue weighted by Crippen LogP contribution is -2.31. The highest BCUT2D eigenvalue weighted by Gasteiger charge is 2.24. The number of H-pyrrole nitrogens is 1. The van der Waals surface area contributed by atoms with Gasteiger partial charge in [0, 0.05) is 30.4 Å². The lowest BCUT2D eigenvalue weighted by atomic mass is 9.96. The number of aryl methyl sites for hydroxylation is 1. The van der Waals surface area contributed by atoms with Crippen molar-refractivity contribution in [1.29, 1.82) is 0 Å². The molecule has 0 saturated carbocycles. The lowest BCUT2D eigenvalue weighted by molar-refractivity contribution is 0.0696. The molecule has 0 atom stereocenters. The summed E-state index contributed by atoms with van der Waals surface area (Å²) < 4.78 is 29.1. The largest absolute Gasteiger partial charge is 0.478 e. The second-order valence-corrected chi connectivity index (χ2v) is 10.4. The first-order valence-electron chi connectivity index (χ1n) is 11.9. The highest BCUT2D eigenvalue weighted by atomic mass is 32.2. The van der Waals surface area contributed by atoms with E-state index < -0.39 is 16.0 Å². The molecule has 2 N–H and O–H groups in total. The number of aromatic nitrogens is 3. The SMILES string of the molecule is CCc1[nH]n(-c2ccc(S(=O)(=O)N(CC)c3ccccc3)cn2)c(=O)c1Cc1cccc(C(=O)O)c1C. The number of anilines is 1. The number of nitrogens with zero attached hydrogens (tertiary/aromatic N) is 3. The summed E-state index contributed by atoms with van der Waals surface area (Å²) in [6, 6.07) is 16.7. The van der Waals surface area contributed by atoms with Gasteiger partial charge in [0.05, 0.1) is 11.3 Å². The second-order valence-electron chi connectivity index (χ2n) is 8.49. The summed E-state index contributed by atoms with van der Waals surface area (Å²) in [5.41, 5.74) is 2.98. The van der Waals surface area contributed by atoms with Crippen molar-refractivity contribution in [3.63, 3.8) is 0 Å². The Balaban J connectivity index is 1.68. The summed E-state index contributed by atoms with van der Waals surface area (Å²) in [6.45, 7) is 5.64. The van der Waals surface area contributed by atoms with Crippen molar-refractivity contribution in [2.75, 3.05) is 10.8 Å². The number of nitrogens with one attached hydrogen (secondary N) is 1. The Hall–Kier alpha value is -4.18. The predicted molar refractivity (Wildman–Crippen MR) is 141 cm³/mol. The standard InChI is InChI=1S/C27H28N4O5S/c1-4-24-23(16-19-10-9-13-22(18(19)3)27(33)34)26(32)31(29-24)25-15-14-21(17-28-25)37(35,36)30(5-2)20-11-7-6-8-12-20/h6-15,17,29H,4-5,16H2,1-3H3,(H,33,34). The van der Waals surface area contributed by atoms with Crippen molar-refractivity contribution in [3.8, 4) is 5.82 Å². The van der Waals surface area contributed by atoms with Gasteiger partial charge in [-0.15, -0.1) is 0 Å². The minimum absolute atomic E-state index is 0.0126. The molecule has 9 nitrogen and oxygen atoms in total. The van der Waals surface area contributed by atoms with E-state index in [0.717, 1.165) is 5.56 Å². The molecule has 0 amide bonds. The molecular weight excluding hydrogens is 492 g/mol. The number of hydrogen-bond donors (Lipinski definition) is 2. The third-order valence-electron chi connectivity index (χ3n) is 6.34. The number of rotatable bonds is 9. The smallest absolute Gasteiger partial charge is 0.335 e. The summed E-state index contributed by atoms with van der Waals surface area (Å²) in [4.78, 5) is 29.2. The van der Waals surface area contributed by atoms with Gasteiger partial charge in [-0.25, -0.2) is 22.9 Å². The van der Waals surface area contributed by atoms with E-state index in [2.05, 4.69) is 10.1 Å². The fourth-order valence-corrected chi connectivity index (χ4v) is 5.74. The maximum Gasteiger partial charge on any atom is 0.335 e. The van der Waals surface area contributed by atoms with Crippen LogP contribution in [0.3, 0.4) is 0 Å². The molecule has 0 aliphatic carbocycles. The van der Waals surface area contributed by atoms with Gasteiger partial charge in [0.2, 0.25) is 0 Å². The third-order valence-corrected chi connectivity index (χ3v) is 8.23. The van der Waals surface area contributed by atoms with Crippen molar-refractivity contribution in [3.05, 3.63) is 105 Å². The molecule has 0 saturated heterocycles. The van der Waals surface area contributed by atoms with Crippen molar-refractivity contribution >= 4 is 21.7 Å². The number of carboxylic acid groups (broad SMARTS) is 1. The highest BCUT2D eigenvalue weighted by Crippen LogP contribution is 2.23. The third kappa shape index (κ3) is 4.92. The second kappa shape index (κ2) is 10.4. The van der Waals surface area contributed by atoms with Crippen molar-refractivity contribution in [2.45, 2.75) is 38.5 Å². The number of pyridine rings is 1. The predicted octanol–water partition coefficient (Wildman–Crippen LogP) is 3.94. The lowest BCUT2D eigenvalue weighted by Gasteiger charge is -2.22. The normalized spacial score (nSPS) is 11.4. The van der Waals surface area contributed by atoms with Crippen LogP contribution in [0.25, 0.3) is 5.82 Å². The van der Waals surface area contributed by atoms with Crippen LogP contribution in [0.5, 0.6) is 0 Å². The van der Waals surface area contributed by atoms with E-state index in [1.54, 1.807) is 44.2 Å². The van der Waals surface area contributed by atoms with E-state index in [1.807, 2.05) is 19.1 Å². The topological polar surface area (TPSA) is 125 Å². The zero-order chi connectivity index (χ0) is 26.7. The molecular formula is C27H28N4O5S. The van der Waals surface area contributed by atoms with Gasteiger partial charge in [0.25, 0.3) is 15.6 Å². The fourth-order valence-electron chi connectivity index (χ4n) is 4.32.